The van der Waals surface area contributed by atoms with Crippen molar-refractivity contribution in [2.45, 2.75) is 25.8 Å². The Morgan fingerprint density at radius 1 is 1.14 bits per heavy atom. The van der Waals surface area contributed by atoms with Crippen LogP contribution < -0.4 is 10.1 Å². The maximum atomic E-state index is 12.2. The Morgan fingerprint density at radius 3 is 2.66 bits per heavy atom. The van der Waals surface area contributed by atoms with Crippen LogP contribution in [0.5, 0.6) is 5.75 Å². The van der Waals surface area contributed by atoms with E-state index in [9.17, 15) is 4.79 Å². The van der Waals surface area contributed by atoms with Gasteiger partial charge in [0.2, 0.25) is 0 Å². The summed E-state index contributed by atoms with van der Waals surface area (Å²) in [5.41, 5.74) is 2.66. The van der Waals surface area contributed by atoms with Gasteiger partial charge >= 0.3 is 0 Å². The van der Waals surface area contributed by atoms with Crippen molar-refractivity contribution in [2.75, 3.05) is 25.0 Å². The maximum absolute atomic E-state index is 12.2. The van der Waals surface area contributed by atoms with Gasteiger partial charge < -0.3 is 14.6 Å². The lowest BCUT2D eigenvalue weighted by Crippen LogP contribution is -2.30. The van der Waals surface area contributed by atoms with Crippen molar-refractivity contribution in [1.29, 1.82) is 0 Å². The van der Waals surface area contributed by atoms with Gasteiger partial charge in [-0.15, -0.1) is 0 Å². The maximum Gasteiger partial charge on any atom is 0.262 e. The largest absolute Gasteiger partial charge is 0.484 e. The van der Waals surface area contributed by atoms with Crippen molar-refractivity contribution in [3.8, 4) is 5.75 Å². The summed E-state index contributed by atoms with van der Waals surface area (Å²) in [6.07, 6.45) is 3.85. The molecule has 1 aromatic heterocycles. The summed E-state index contributed by atoms with van der Waals surface area (Å²) < 4.78 is 7.63. The smallest absolute Gasteiger partial charge is 0.262 e. The average Bonchev–Trinajstić information content (AvgIpc) is 3.03. The van der Waals surface area contributed by atoms with Gasteiger partial charge in [0.1, 0.15) is 11.6 Å². The van der Waals surface area contributed by atoms with E-state index in [1.165, 1.54) is 19.3 Å². The molecule has 1 aliphatic heterocycles. The number of benzene rings is 2. The number of carbonyl (C=O) groups excluding carboxylic acids is 1. The second-order valence-corrected chi connectivity index (χ2v) is 7.85. The van der Waals surface area contributed by atoms with E-state index in [-0.39, 0.29) is 12.5 Å². The lowest BCUT2D eigenvalue weighted by atomic mass is 10.1. The normalized spacial score (nSPS) is 14.8. The summed E-state index contributed by atoms with van der Waals surface area (Å²) in [4.78, 5) is 19.5. The number of nitrogens with one attached hydrogen (secondary N) is 1. The first kappa shape index (κ1) is 19.7. The highest BCUT2D eigenvalue weighted by atomic mass is 35.5. The Labute approximate surface area is 175 Å². The number of piperidine rings is 1. The second-order valence-electron chi connectivity index (χ2n) is 7.42. The standard InChI is InChI=1S/C22H25ClN4O2/c1-26-20-10-7-17(24-22(28)15-29-18-8-5-16(23)6-9-18)13-19(20)25-21(26)14-27-11-3-2-4-12-27/h5-10,13H,2-4,11-12,14-15H2,1H3,(H,24,28). The molecule has 29 heavy (non-hydrogen) atoms. The number of anilines is 1. The number of aryl methyl sites for hydroxylation is 1. The molecule has 4 rings (SSSR count). The number of likely N-dealkylation sites (tertiary alicyclic amines) is 1. The van der Waals surface area contributed by atoms with E-state index >= 15 is 0 Å². The zero-order chi connectivity index (χ0) is 20.2. The van der Waals surface area contributed by atoms with Crippen molar-refractivity contribution >= 4 is 34.2 Å². The molecular weight excluding hydrogens is 388 g/mol. The van der Waals surface area contributed by atoms with Gasteiger partial charge in [-0.2, -0.15) is 0 Å². The minimum absolute atomic E-state index is 0.0674. The predicted octanol–water partition coefficient (Wildman–Crippen LogP) is 4.23. The van der Waals surface area contributed by atoms with Crippen molar-refractivity contribution in [3.63, 3.8) is 0 Å². The number of amides is 1. The zero-order valence-electron chi connectivity index (χ0n) is 16.5. The molecule has 7 heteroatoms. The fraction of sp³-hybridized carbons (Fsp3) is 0.364. The van der Waals surface area contributed by atoms with Crippen LogP contribution in [0.15, 0.2) is 42.5 Å². The number of fused-ring (bicyclic) bond motifs is 1. The van der Waals surface area contributed by atoms with Crippen LogP contribution in [-0.2, 0) is 18.4 Å². The minimum Gasteiger partial charge on any atom is -0.484 e. The predicted molar refractivity (Wildman–Crippen MR) is 115 cm³/mol. The van der Waals surface area contributed by atoms with E-state index in [4.69, 9.17) is 21.3 Å². The Balaban J connectivity index is 1.40. The molecule has 0 spiro atoms. The van der Waals surface area contributed by atoms with E-state index in [0.29, 0.717) is 16.5 Å². The highest BCUT2D eigenvalue weighted by Crippen LogP contribution is 2.22. The number of hydrogen-bond acceptors (Lipinski definition) is 4. The van der Waals surface area contributed by atoms with Crippen molar-refractivity contribution in [1.82, 2.24) is 14.5 Å². The van der Waals surface area contributed by atoms with Crippen LogP contribution in [-0.4, -0.2) is 40.1 Å². The van der Waals surface area contributed by atoms with Crippen LogP contribution in [0.25, 0.3) is 11.0 Å². The number of hydrogen-bond donors (Lipinski definition) is 1. The Kier molecular flexibility index (Phi) is 6.02. The summed E-state index contributed by atoms with van der Waals surface area (Å²) in [6.45, 7) is 3.07. The molecule has 1 saturated heterocycles. The fourth-order valence-corrected chi connectivity index (χ4v) is 3.79. The van der Waals surface area contributed by atoms with Crippen molar-refractivity contribution < 1.29 is 9.53 Å². The topological polar surface area (TPSA) is 59.4 Å². The molecule has 0 unspecified atom stereocenters. The molecule has 0 bridgehead atoms. The number of carbonyl (C=O) groups is 1. The van der Waals surface area contributed by atoms with E-state index in [1.807, 2.05) is 25.2 Å². The average molecular weight is 413 g/mol. The number of nitrogens with zero attached hydrogens (tertiary/aromatic N) is 3. The number of rotatable bonds is 6. The molecule has 1 aliphatic rings. The first-order valence-corrected chi connectivity index (χ1v) is 10.3. The third-order valence-electron chi connectivity index (χ3n) is 5.25. The molecule has 0 radical (unpaired) electrons. The van der Waals surface area contributed by atoms with Crippen LogP contribution in [0.1, 0.15) is 25.1 Å². The van der Waals surface area contributed by atoms with E-state index in [0.717, 1.165) is 36.5 Å². The third-order valence-corrected chi connectivity index (χ3v) is 5.51. The Bertz CT molecular complexity index is 994. The monoisotopic (exact) mass is 412 g/mol. The molecule has 1 fully saturated rings. The molecule has 1 N–H and O–H groups in total. The number of halogens is 1. The van der Waals surface area contributed by atoms with Crippen molar-refractivity contribution in [2.24, 2.45) is 7.05 Å². The Hall–Kier alpha value is -2.57. The first-order chi connectivity index (χ1) is 14.1. The molecule has 1 amide bonds. The Morgan fingerprint density at radius 2 is 1.90 bits per heavy atom. The van der Waals surface area contributed by atoms with Crippen molar-refractivity contribution in [3.05, 3.63) is 53.3 Å². The summed E-state index contributed by atoms with van der Waals surface area (Å²) >= 11 is 5.85. The van der Waals surface area contributed by atoms with Gasteiger partial charge in [0.25, 0.3) is 5.91 Å². The first-order valence-electron chi connectivity index (χ1n) is 9.94. The quantitative estimate of drug-likeness (QED) is 0.658. The summed E-state index contributed by atoms with van der Waals surface area (Å²) in [5, 5.41) is 3.51. The molecular formula is C22H25ClN4O2. The molecule has 3 aromatic rings. The highest BCUT2D eigenvalue weighted by Gasteiger charge is 2.15. The fourth-order valence-electron chi connectivity index (χ4n) is 3.66. The minimum atomic E-state index is -0.219. The summed E-state index contributed by atoms with van der Waals surface area (Å²) in [5.74, 6) is 1.44. The van der Waals surface area contributed by atoms with E-state index in [2.05, 4.69) is 14.8 Å². The molecule has 2 heterocycles. The van der Waals surface area contributed by atoms with Crippen LogP contribution in [0.2, 0.25) is 5.02 Å². The molecule has 0 atom stereocenters. The third kappa shape index (κ3) is 4.89. The van der Waals surface area contributed by atoms with Gasteiger partial charge in [-0.1, -0.05) is 18.0 Å². The molecule has 0 aliphatic carbocycles. The summed E-state index contributed by atoms with van der Waals surface area (Å²) in [6, 6.07) is 12.7. The molecule has 0 saturated carbocycles. The van der Waals surface area contributed by atoms with E-state index < -0.39 is 0 Å². The second kappa shape index (κ2) is 8.84. The van der Waals surface area contributed by atoms with E-state index in [1.54, 1.807) is 24.3 Å². The van der Waals surface area contributed by atoms with Gasteiger partial charge in [0.15, 0.2) is 6.61 Å². The van der Waals surface area contributed by atoms with Crippen LogP contribution in [0.3, 0.4) is 0 Å². The zero-order valence-corrected chi connectivity index (χ0v) is 17.3. The molecule has 152 valence electrons. The van der Waals surface area contributed by atoms with Gasteiger partial charge in [-0.3, -0.25) is 9.69 Å². The van der Waals surface area contributed by atoms with Gasteiger partial charge in [-0.05, 0) is 68.4 Å². The highest BCUT2D eigenvalue weighted by molar-refractivity contribution is 6.30. The SMILES string of the molecule is Cn1c(CN2CCCCC2)nc2cc(NC(=O)COc3ccc(Cl)cc3)ccc21. The lowest BCUT2D eigenvalue weighted by molar-refractivity contribution is -0.118. The van der Waals surface area contributed by atoms with Crippen LogP contribution in [0, 0.1) is 0 Å². The number of aromatic nitrogens is 2. The molecule has 2 aromatic carbocycles. The molecule has 6 nitrogen and oxygen atoms in total. The lowest BCUT2D eigenvalue weighted by Gasteiger charge is -2.25. The van der Waals surface area contributed by atoms with Gasteiger partial charge in [-0.25, -0.2) is 4.98 Å². The van der Waals surface area contributed by atoms with Gasteiger partial charge in [0.05, 0.1) is 17.6 Å². The van der Waals surface area contributed by atoms with Gasteiger partial charge in [0, 0.05) is 17.8 Å². The van der Waals surface area contributed by atoms with Crippen LogP contribution in [0.4, 0.5) is 5.69 Å². The summed E-state index contributed by atoms with van der Waals surface area (Å²) in [7, 11) is 2.05. The number of imidazole rings is 1. The number of ether oxygens (including phenoxy) is 1. The van der Waals surface area contributed by atoms with Crippen LogP contribution >= 0.6 is 11.6 Å².